The van der Waals surface area contributed by atoms with Crippen LogP contribution in [0.1, 0.15) is 29.8 Å². The number of ether oxygens (including phenoxy) is 1. The number of hydrogen-bond donors (Lipinski definition) is 2. The third kappa shape index (κ3) is 4.79. The predicted molar refractivity (Wildman–Crippen MR) is 88.3 cm³/mol. The molecule has 0 heterocycles. The van der Waals surface area contributed by atoms with E-state index < -0.39 is 29.1 Å². The van der Waals surface area contributed by atoms with Crippen molar-refractivity contribution in [1.82, 2.24) is 0 Å². The summed E-state index contributed by atoms with van der Waals surface area (Å²) in [7, 11) is 0. The number of carbonyl (C=O) groups is 1. The molecule has 0 aromatic heterocycles. The van der Waals surface area contributed by atoms with E-state index in [9.17, 15) is 23.1 Å². The van der Waals surface area contributed by atoms with Gasteiger partial charge in [0.25, 0.3) is 5.91 Å². The van der Waals surface area contributed by atoms with Crippen LogP contribution in [0.3, 0.4) is 0 Å². The molecule has 0 saturated heterocycles. The first-order chi connectivity index (χ1) is 11.6. The van der Waals surface area contributed by atoms with E-state index in [1.54, 1.807) is 13.8 Å². The fourth-order valence-electron chi connectivity index (χ4n) is 2.09. The Morgan fingerprint density at radius 2 is 1.88 bits per heavy atom. The highest BCUT2D eigenvalue weighted by Crippen LogP contribution is 2.37. The van der Waals surface area contributed by atoms with Gasteiger partial charge in [-0.3, -0.25) is 4.79 Å². The van der Waals surface area contributed by atoms with Gasteiger partial charge in [0.15, 0.2) is 0 Å². The Morgan fingerprint density at radius 1 is 1.20 bits per heavy atom. The van der Waals surface area contributed by atoms with Gasteiger partial charge in [-0.15, -0.1) is 0 Å². The fourth-order valence-corrected chi connectivity index (χ4v) is 2.26. The van der Waals surface area contributed by atoms with Crippen LogP contribution in [0.15, 0.2) is 36.4 Å². The zero-order valence-electron chi connectivity index (χ0n) is 13.3. The molecule has 2 N–H and O–H groups in total. The van der Waals surface area contributed by atoms with Crippen molar-refractivity contribution in [1.29, 1.82) is 0 Å². The molecule has 0 aliphatic rings. The third-order valence-corrected chi connectivity index (χ3v) is 3.35. The number of hydrogen-bond acceptors (Lipinski definition) is 3. The van der Waals surface area contributed by atoms with Crippen molar-refractivity contribution in [2.45, 2.75) is 26.1 Å². The van der Waals surface area contributed by atoms with Crippen LogP contribution in [0.2, 0.25) is 5.02 Å². The first kappa shape index (κ1) is 18.9. The summed E-state index contributed by atoms with van der Waals surface area (Å²) >= 11 is 5.75. The van der Waals surface area contributed by atoms with Crippen molar-refractivity contribution in [2.24, 2.45) is 0 Å². The number of nitrogens with one attached hydrogen (secondary N) is 1. The van der Waals surface area contributed by atoms with E-state index >= 15 is 0 Å². The van der Waals surface area contributed by atoms with Gasteiger partial charge < -0.3 is 15.2 Å². The number of amides is 1. The maximum Gasteiger partial charge on any atom is 0.418 e. The lowest BCUT2D eigenvalue weighted by Crippen LogP contribution is -2.17. The molecule has 0 atom stereocenters. The summed E-state index contributed by atoms with van der Waals surface area (Å²) < 4.78 is 45.1. The lowest BCUT2D eigenvalue weighted by atomic mass is 10.1. The quantitative estimate of drug-likeness (QED) is 0.783. The Morgan fingerprint density at radius 3 is 2.48 bits per heavy atom. The van der Waals surface area contributed by atoms with Crippen LogP contribution >= 0.6 is 11.6 Å². The Bertz CT molecular complexity index is 791. The molecule has 1 amide bonds. The summed E-state index contributed by atoms with van der Waals surface area (Å²) in [6, 6.07) is 6.93. The second-order valence-electron chi connectivity index (χ2n) is 5.49. The van der Waals surface area contributed by atoms with Crippen molar-refractivity contribution in [3.05, 3.63) is 52.5 Å². The number of rotatable bonds is 4. The van der Waals surface area contributed by atoms with Gasteiger partial charge >= 0.3 is 6.18 Å². The Hall–Kier alpha value is -2.41. The molecule has 0 fully saturated rings. The lowest BCUT2D eigenvalue weighted by Gasteiger charge is -2.17. The number of anilines is 1. The van der Waals surface area contributed by atoms with Crippen molar-refractivity contribution in [2.75, 3.05) is 5.32 Å². The van der Waals surface area contributed by atoms with Gasteiger partial charge in [-0.1, -0.05) is 11.6 Å². The number of carbonyl (C=O) groups excluding carboxylic acids is 1. The Balaban J connectivity index is 2.38. The number of alkyl halides is 3. The van der Waals surface area contributed by atoms with Crippen LogP contribution < -0.4 is 10.1 Å². The molecule has 0 radical (unpaired) electrons. The van der Waals surface area contributed by atoms with Crippen LogP contribution in [0, 0.1) is 0 Å². The molecule has 0 aliphatic carbocycles. The molecule has 0 bridgehead atoms. The van der Waals surface area contributed by atoms with Crippen LogP contribution in [-0.2, 0) is 6.18 Å². The van der Waals surface area contributed by atoms with Gasteiger partial charge in [-0.25, -0.2) is 0 Å². The number of phenols is 1. The standard InChI is InChI=1S/C17H15ClF3NO3/c1-9(2)25-11-4-5-14(13(8-11)17(19,20)21)22-16(24)12-7-10(18)3-6-15(12)23/h3-9,23H,1-2H3,(H,22,24). The topological polar surface area (TPSA) is 58.6 Å². The number of benzene rings is 2. The highest BCUT2D eigenvalue weighted by molar-refractivity contribution is 6.31. The van der Waals surface area contributed by atoms with Crippen molar-refractivity contribution in [3.8, 4) is 11.5 Å². The normalized spacial score (nSPS) is 11.5. The zero-order chi connectivity index (χ0) is 18.8. The van der Waals surface area contributed by atoms with Gasteiger partial charge in [0, 0.05) is 5.02 Å². The largest absolute Gasteiger partial charge is 0.507 e. The van der Waals surface area contributed by atoms with Crippen LogP contribution in [0.25, 0.3) is 0 Å². The monoisotopic (exact) mass is 373 g/mol. The summed E-state index contributed by atoms with van der Waals surface area (Å²) in [5.74, 6) is -1.27. The molecule has 8 heteroatoms. The van der Waals surface area contributed by atoms with E-state index in [2.05, 4.69) is 5.32 Å². The zero-order valence-corrected chi connectivity index (χ0v) is 14.1. The second-order valence-corrected chi connectivity index (χ2v) is 5.92. The highest BCUT2D eigenvalue weighted by atomic mass is 35.5. The van der Waals surface area contributed by atoms with Gasteiger partial charge in [0.2, 0.25) is 0 Å². The van der Waals surface area contributed by atoms with Gasteiger partial charge in [-0.2, -0.15) is 13.2 Å². The summed E-state index contributed by atoms with van der Waals surface area (Å²) in [5, 5.41) is 12.0. The first-order valence-corrected chi connectivity index (χ1v) is 7.63. The highest BCUT2D eigenvalue weighted by Gasteiger charge is 2.34. The van der Waals surface area contributed by atoms with Crippen molar-refractivity contribution < 1.29 is 27.8 Å². The third-order valence-electron chi connectivity index (χ3n) is 3.12. The summed E-state index contributed by atoms with van der Waals surface area (Å²) in [5.41, 5.74) is -1.74. The molecule has 4 nitrogen and oxygen atoms in total. The summed E-state index contributed by atoms with van der Waals surface area (Å²) in [6.45, 7) is 3.37. The number of halogens is 4. The maximum absolute atomic E-state index is 13.3. The lowest BCUT2D eigenvalue weighted by molar-refractivity contribution is -0.137. The predicted octanol–water partition coefficient (Wildman–Crippen LogP) is 5.10. The molecule has 0 spiro atoms. The molecule has 2 aromatic rings. The SMILES string of the molecule is CC(C)Oc1ccc(NC(=O)c2cc(Cl)ccc2O)c(C(F)(F)F)c1. The Labute approximate surface area is 147 Å². The van der Waals surface area contributed by atoms with Gasteiger partial charge in [0.05, 0.1) is 22.9 Å². The molecule has 2 rings (SSSR count). The van der Waals surface area contributed by atoms with E-state index in [4.69, 9.17) is 16.3 Å². The van der Waals surface area contributed by atoms with Crippen LogP contribution in [0.5, 0.6) is 11.5 Å². The molecule has 0 unspecified atom stereocenters. The average molecular weight is 374 g/mol. The van der Waals surface area contributed by atoms with E-state index in [1.165, 1.54) is 18.2 Å². The molecule has 0 aliphatic heterocycles. The number of aromatic hydroxyl groups is 1. The summed E-state index contributed by atoms with van der Waals surface area (Å²) in [6.07, 6.45) is -5.00. The van der Waals surface area contributed by atoms with E-state index in [-0.39, 0.29) is 22.4 Å². The minimum absolute atomic E-state index is 0.0333. The molecule has 2 aromatic carbocycles. The minimum atomic E-state index is -4.70. The van der Waals surface area contributed by atoms with Gasteiger partial charge in [0.1, 0.15) is 11.5 Å². The number of phenolic OH excluding ortho intramolecular Hbond substituents is 1. The molecular weight excluding hydrogens is 359 g/mol. The summed E-state index contributed by atoms with van der Waals surface area (Å²) in [4.78, 5) is 12.2. The van der Waals surface area contributed by atoms with Gasteiger partial charge in [-0.05, 0) is 50.2 Å². The fraction of sp³-hybridized carbons (Fsp3) is 0.235. The van der Waals surface area contributed by atoms with E-state index in [0.717, 1.165) is 18.2 Å². The first-order valence-electron chi connectivity index (χ1n) is 7.25. The smallest absolute Gasteiger partial charge is 0.418 e. The molecule has 0 saturated carbocycles. The molecular formula is C17H15ClF3NO3. The molecule has 134 valence electrons. The van der Waals surface area contributed by atoms with E-state index in [1.807, 2.05) is 0 Å². The Kier molecular flexibility index (Phi) is 5.47. The van der Waals surface area contributed by atoms with E-state index in [0.29, 0.717) is 0 Å². The van der Waals surface area contributed by atoms with Crippen LogP contribution in [-0.4, -0.2) is 17.1 Å². The average Bonchev–Trinajstić information content (AvgIpc) is 2.49. The second kappa shape index (κ2) is 7.23. The molecule has 25 heavy (non-hydrogen) atoms. The van der Waals surface area contributed by atoms with Crippen molar-refractivity contribution in [3.63, 3.8) is 0 Å². The maximum atomic E-state index is 13.3. The van der Waals surface area contributed by atoms with Crippen LogP contribution in [0.4, 0.5) is 18.9 Å². The van der Waals surface area contributed by atoms with Crippen molar-refractivity contribution >= 4 is 23.2 Å². The minimum Gasteiger partial charge on any atom is -0.507 e.